The molecule has 1 atom stereocenters. The summed E-state index contributed by atoms with van der Waals surface area (Å²) in [6, 6.07) is 6.31. The van der Waals surface area contributed by atoms with Gasteiger partial charge in [0.15, 0.2) is 5.78 Å². The molecule has 121 valence electrons. The molecule has 22 heavy (non-hydrogen) atoms. The number of Topliss-reactive ketones (excluding diaryl/α,β-unsaturated/α-hetero) is 1. The average molecular weight is 324 g/mol. The summed E-state index contributed by atoms with van der Waals surface area (Å²) < 4.78 is 10.2. The second kappa shape index (κ2) is 8.08. The summed E-state index contributed by atoms with van der Waals surface area (Å²) in [7, 11) is 1.57. The highest BCUT2D eigenvalue weighted by Crippen LogP contribution is 2.14. The number of nitrogens with one attached hydrogen (secondary N) is 1. The summed E-state index contributed by atoms with van der Waals surface area (Å²) in [6.45, 7) is 5.27. The van der Waals surface area contributed by atoms with Crippen molar-refractivity contribution in [3.63, 3.8) is 0 Å². The first kappa shape index (κ1) is 18.4. The molecule has 1 aromatic carbocycles. The van der Waals surface area contributed by atoms with Gasteiger partial charge in [-0.1, -0.05) is 12.1 Å². The molecule has 0 aliphatic carbocycles. The van der Waals surface area contributed by atoms with Crippen LogP contribution < -0.4 is 10.1 Å². The van der Waals surface area contributed by atoms with E-state index in [2.05, 4.69) is 17.9 Å². The molecule has 6 heteroatoms. The van der Waals surface area contributed by atoms with Gasteiger partial charge in [-0.15, -0.1) is 0 Å². The predicted octanol–water partition coefficient (Wildman–Crippen LogP) is 2.64. The molecule has 0 saturated carbocycles. The van der Waals surface area contributed by atoms with Crippen LogP contribution in [0.3, 0.4) is 0 Å². The lowest BCUT2D eigenvalue weighted by molar-refractivity contribution is -0.117. The summed E-state index contributed by atoms with van der Waals surface area (Å²) in [6.07, 6.45) is 0.820. The standard InChI is InChI=1S/C16H22NO4S/c1-16(2,3)21-15(19)17-13(10-22)14(18)9-11-5-7-12(20-4)8-6-11/h5-9,13,22H,10H2,1-4H3,(H,17,19)/t13-/m0/s1. The predicted molar refractivity (Wildman–Crippen MR) is 88.4 cm³/mol. The van der Waals surface area contributed by atoms with E-state index in [1.165, 1.54) is 6.42 Å². The molecule has 1 aromatic rings. The smallest absolute Gasteiger partial charge is 0.408 e. The Balaban J connectivity index is 2.61. The fraction of sp³-hybridized carbons (Fsp3) is 0.438. The van der Waals surface area contributed by atoms with Crippen molar-refractivity contribution in [3.05, 3.63) is 36.2 Å². The van der Waals surface area contributed by atoms with Crippen molar-refractivity contribution in [2.45, 2.75) is 32.4 Å². The van der Waals surface area contributed by atoms with Crippen molar-refractivity contribution in [2.24, 2.45) is 0 Å². The second-order valence-electron chi connectivity index (χ2n) is 5.70. The first-order valence-corrected chi connectivity index (χ1v) is 7.51. The lowest BCUT2D eigenvalue weighted by Gasteiger charge is -2.22. The monoisotopic (exact) mass is 324 g/mol. The van der Waals surface area contributed by atoms with Crippen LogP contribution in [0.1, 0.15) is 26.3 Å². The van der Waals surface area contributed by atoms with E-state index < -0.39 is 17.7 Å². The van der Waals surface area contributed by atoms with Gasteiger partial charge in [0.1, 0.15) is 17.4 Å². The van der Waals surface area contributed by atoms with Crippen LogP contribution in [0.15, 0.2) is 24.3 Å². The maximum atomic E-state index is 12.2. The molecule has 0 heterocycles. The Bertz CT molecular complexity index is 508. The lowest BCUT2D eigenvalue weighted by atomic mass is 10.0. The fourth-order valence-electron chi connectivity index (χ4n) is 1.62. The first-order chi connectivity index (χ1) is 10.2. The number of carbonyl (C=O) groups is 2. The highest BCUT2D eigenvalue weighted by Gasteiger charge is 2.23. The Hall–Kier alpha value is -1.69. The first-order valence-electron chi connectivity index (χ1n) is 6.88. The van der Waals surface area contributed by atoms with E-state index in [1.54, 1.807) is 52.1 Å². The zero-order valence-corrected chi connectivity index (χ0v) is 14.1. The third kappa shape index (κ3) is 6.39. The van der Waals surface area contributed by atoms with Gasteiger partial charge in [0.2, 0.25) is 0 Å². The van der Waals surface area contributed by atoms with Gasteiger partial charge in [-0.25, -0.2) is 4.79 Å². The molecule has 0 aliphatic rings. The minimum Gasteiger partial charge on any atom is -0.497 e. The van der Waals surface area contributed by atoms with E-state index in [0.29, 0.717) is 5.75 Å². The van der Waals surface area contributed by atoms with Crippen LogP contribution in [0.25, 0.3) is 0 Å². The summed E-state index contributed by atoms with van der Waals surface area (Å²) in [4.78, 5) is 23.9. The molecule has 1 radical (unpaired) electrons. The summed E-state index contributed by atoms with van der Waals surface area (Å²) in [5.74, 6) is 0.651. The van der Waals surface area contributed by atoms with Gasteiger partial charge in [0.05, 0.1) is 13.5 Å². The molecular weight excluding hydrogens is 302 g/mol. The molecule has 0 spiro atoms. The van der Waals surface area contributed by atoms with Gasteiger partial charge >= 0.3 is 6.09 Å². The van der Waals surface area contributed by atoms with Gasteiger partial charge in [-0.3, -0.25) is 4.79 Å². The third-order valence-corrected chi connectivity index (χ3v) is 3.01. The zero-order chi connectivity index (χ0) is 16.8. The average Bonchev–Trinajstić information content (AvgIpc) is 2.43. The Morgan fingerprint density at radius 2 is 1.86 bits per heavy atom. The number of ether oxygens (including phenoxy) is 2. The van der Waals surface area contributed by atoms with Gasteiger partial charge in [-0.05, 0) is 38.5 Å². The summed E-state index contributed by atoms with van der Waals surface area (Å²) in [5, 5.41) is 2.52. The molecular formula is C16H22NO4S. The molecule has 0 unspecified atom stereocenters. The van der Waals surface area contributed by atoms with Crippen LogP contribution >= 0.6 is 12.6 Å². The van der Waals surface area contributed by atoms with Crippen LogP contribution in [-0.2, 0) is 9.53 Å². The number of rotatable bonds is 6. The number of methoxy groups -OCH3 is 1. The lowest BCUT2D eigenvalue weighted by Crippen LogP contribution is -2.44. The van der Waals surface area contributed by atoms with Crippen LogP contribution in [0.2, 0.25) is 0 Å². The van der Waals surface area contributed by atoms with Gasteiger partial charge in [0, 0.05) is 5.75 Å². The van der Waals surface area contributed by atoms with Gasteiger partial charge < -0.3 is 14.8 Å². The minimum atomic E-state index is -0.736. The fourth-order valence-corrected chi connectivity index (χ4v) is 1.89. The number of hydrogen-bond acceptors (Lipinski definition) is 5. The van der Waals surface area contributed by atoms with E-state index in [4.69, 9.17) is 9.47 Å². The Kier molecular flexibility index (Phi) is 6.74. The maximum Gasteiger partial charge on any atom is 0.408 e. The Morgan fingerprint density at radius 1 is 1.27 bits per heavy atom. The number of alkyl carbamates (subject to hydrolysis) is 1. The molecule has 1 N–H and O–H groups in total. The van der Waals surface area contributed by atoms with Crippen LogP contribution in [0.5, 0.6) is 5.75 Å². The molecule has 0 saturated heterocycles. The number of amides is 1. The highest BCUT2D eigenvalue weighted by atomic mass is 32.1. The molecule has 1 amide bonds. The SMILES string of the molecule is COc1ccc([CH]C(=O)[C@H](CS)NC(=O)OC(C)(C)C)cc1. The second-order valence-corrected chi connectivity index (χ2v) is 6.07. The maximum absolute atomic E-state index is 12.2. The van der Waals surface area contributed by atoms with Crippen molar-refractivity contribution >= 4 is 24.5 Å². The largest absolute Gasteiger partial charge is 0.497 e. The number of carbonyl (C=O) groups excluding carboxylic acids is 2. The van der Waals surface area contributed by atoms with Crippen molar-refractivity contribution < 1.29 is 19.1 Å². The number of ketones is 1. The van der Waals surface area contributed by atoms with E-state index >= 15 is 0 Å². The van der Waals surface area contributed by atoms with Crippen molar-refractivity contribution in [3.8, 4) is 5.75 Å². The van der Waals surface area contributed by atoms with Crippen LogP contribution in [0, 0.1) is 6.42 Å². The van der Waals surface area contributed by atoms with Gasteiger partial charge in [-0.2, -0.15) is 12.6 Å². The summed E-state index contributed by atoms with van der Waals surface area (Å²) in [5.41, 5.74) is 0.108. The zero-order valence-electron chi connectivity index (χ0n) is 13.3. The van der Waals surface area contributed by atoms with Crippen LogP contribution in [-0.4, -0.2) is 36.4 Å². The molecule has 5 nitrogen and oxygen atoms in total. The molecule has 0 fully saturated rings. The van der Waals surface area contributed by atoms with Crippen molar-refractivity contribution in [2.75, 3.05) is 12.9 Å². The number of benzene rings is 1. The number of thiol groups is 1. The van der Waals surface area contributed by atoms with Gasteiger partial charge in [0.25, 0.3) is 0 Å². The number of hydrogen-bond donors (Lipinski definition) is 2. The summed E-state index contributed by atoms with van der Waals surface area (Å²) >= 11 is 4.11. The Labute approximate surface area is 136 Å². The highest BCUT2D eigenvalue weighted by molar-refractivity contribution is 7.80. The molecule has 0 aliphatic heterocycles. The van der Waals surface area contributed by atoms with E-state index in [9.17, 15) is 9.59 Å². The topological polar surface area (TPSA) is 64.6 Å². The van der Waals surface area contributed by atoms with Crippen molar-refractivity contribution in [1.29, 1.82) is 0 Å². The molecule has 1 rings (SSSR count). The van der Waals surface area contributed by atoms with E-state index in [1.807, 2.05) is 0 Å². The van der Waals surface area contributed by atoms with Crippen LogP contribution in [0.4, 0.5) is 4.79 Å². The molecule has 0 bridgehead atoms. The quantitative estimate of drug-likeness (QED) is 0.790. The van der Waals surface area contributed by atoms with E-state index in [-0.39, 0.29) is 11.5 Å². The van der Waals surface area contributed by atoms with Crippen molar-refractivity contribution in [1.82, 2.24) is 5.32 Å². The third-order valence-electron chi connectivity index (χ3n) is 2.64. The Morgan fingerprint density at radius 3 is 2.32 bits per heavy atom. The minimum absolute atomic E-state index is 0.185. The normalized spacial score (nSPS) is 12.4. The molecule has 0 aromatic heterocycles. The van der Waals surface area contributed by atoms with E-state index in [0.717, 1.165) is 5.56 Å².